The SMILES string of the molecule is CC/C=C1\CC[C@H]2c3ccc4c(c3CC[C@]12C)C=NS(=O)(=O)O4. The number of fused-ring (bicyclic) bond motifs is 5. The molecule has 2 aliphatic carbocycles. The molecule has 0 N–H and O–H groups in total. The summed E-state index contributed by atoms with van der Waals surface area (Å²) < 4.78 is 31.6. The van der Waals surface area contributed by atoms with Gasteiger partial charge in [-0.05, 0) is 60.6 Å². The van der Waals surface area contributed by atoms with Crippen molar-refractivity contribution >= 4 is 16.5 Å². The molecule has 4 nitrogen and oxygen atoms in total. The lowest BCUT2D eigenvalue weighted by Gasteiger charge is -2.40. The van der Waals surface area contributed by atoms with E-state index < -0.39 is 10.3 Å². The van der Waals surface area contributed by atoms with Crippen LogP contribution in [0.2, 0.25) is 0 Å². The molecule has 2 atom stereocenters. The summed E-state index contributed by atoms with van der Waals surface area (Å²) in [6.07, 6.45) is 9.35. The first kappa shape index (κ1) is 14.9. The van der Waals surface area contributed by atoms with Crippen LogP contribution >= 0.6 is 0 Å². The van der Waals surface area contributed by atoms with Crippen molar-refractivity contribution in [3.05, 3.63) is 40.5 Å². The van der Waals surface area contributed by atoms with E-state index in [1.807, 2.05) is 0 Å². The van der Waals surface area contributed by atoms with Gasteiger partial charge in [-0.25, -0.2) is 0 Å². The third-order valence-electron chi connectivity index (χ3n) is 5.78. The molecule has 4 rings (SSSR count). The molecule has 0 bridgehead atoms. The van der Waals surface area contributed by atoms with Crippen molar-refractivity contribution in [2.45, 2.75) is 51.9 Å². The van der Waals surface area contributed by atoms with E-state index in [4.69, 9.17) is 4.18 Å². The fourth-order valence-electron chi connectivity index (χ4n) is 4.66. The molecular weight excluding hydrogens is 310 g/mol. The van der Waals surface area contributed by atoms with Crippen molar-refractivity contribution in [3.8, 4) is 5.75 Å². The molecule has 3 aliphatic rings. The van der Waals surface area contributed by atoms with Gasteiger partial charge in [0.05, 0.1) is 6.21 Å². The van der Waals surface area contributed by atoms with E-state index >= 15 is 0 Å². The zero-order chi connectivity index (χ0) is 16.2. The van der Waals surface area contributed by atoms with Gasteiger partial charge in [0, 0.05) is 5.56 Å². The van der Waals surface area contributed by atoms with Crippen LogP contribution in [0.15, 0.2) is 28.2 Å². The summed E-state index contributed by atoms with van der Waals surface area (Å²) in [7, 11) is -3.81. The Labute approximate surface area is 137 Å². The largest absolute Gasteiger partial charge is 0.428 e. The molecule has 0 aromatic heterocycles. The Morgan fingerprint density at radius 3 is 3.00 bits per heavy atom. The fraction of sp³-hybridized carbons (Fsp3) is 0.500. The van der Waals surface area contributed by atoms with E-state index in [1.165, 1.54) is 30.2 Å². The van der Waals surface area contributed by atoms with Crippen LogP contribution in [0, 0.1) is 5.41 Å². The molecule has 0 saturated heterocycles. The number of benzene rings is 1. The quantitative estimate of drug-likeness (QED) is 0.733. The molecule has 1 fully saturated rings. The molecule has 0 unspecified atom stereocenters. The Balaban J connectivity index is 1.82. The number of hydrogen-bond donors (Lipinski definition) is 0. The zero-order valence-electron chi connectivity index (χ0n) is 13.5. The number of nitrogens with zero attached hydrogens (tertiary/aromatic N) is 1. The maximum atomic E-state index is 11.5. The second kappa shape index (κ2) is 4.94. The predicted octanol–water partition coefficient (Wildman–Crippen LogP) is 3.91. The van der Waals surface area contributed by atoms with Gasteiger partial charge in [-0.3, -0.25) is 0 Å². The Kier molecular flexibility index (Phi) is 3.21. The standard InChI is InChI=1S/C18H21NO3S/c1-3-4-12-5-7-16-14-6-8-17-15(11-19-23(20,21)22-17)13(14)9-10-18(12,16)2/h4,6,8,11,16H,3,5,7,9-10H2,1-2H3/b12-4+/t16-,18+/m0/s1. The van der Waals surface area contributed by atoms with Crippen molar-refractivity contribution in [2.24, 2.45) is 9.81 Å². The monoisotopic (exact) mass is 331 g/mol. The van der Waals surface area contributed by atoms with Gasteiger partial charge in [-0.15, -0.1) is 4.40 Å². The van der Waals surface area contributed by atoms with E-state index in [-0.39, 0.29) is 5.41 Å². The van der Waals surface area contributed by atoms with Crippen LogP contribution in [0.4, 0.5) is 0 Å². The molecule has 122 valence electrons. The fourth-order valence-corrected chi connectivity index (χ4v) is 5.31. The summed E-state index contributed by atoms with van der Waals surface area (Å²) in [4.78, 5) is 0. The average molecular weight is 331 g/mol. The summed E-state index contributed by atoms with van der Waals surface area (Å²) >= 11 is 0. The molecule has 0 radical (unpaired) electrons. The molecule has 0 amide bonds. The van der Waals surface area contributed by atoms with Gasteiger partial charge in [0.15, 0.2) is 5.75 Å². The second-order valence-electron chi connectivity index (χ2n) is 6.94. The highest BCUT2D eigenvalue weighted by Gasteiger charge is 2.46. The van der Waals surface area contributed by atoms with Gasteiger partial charge in [0.2, 0.25) is 0 Å². The number of rotatable bonds is 1. The van der Waals surface area contributed by atoms with Crippen molar-refractivity contribution in [1.29, 1.82) is 0 Å². The first-order chi connectivity index (χ1) is 10.9. The van der Waals surface area contributed by atoms with E-state index in [0.717, 1.165) is 24.8 Å². The summed E-state index contributed by atoms with van der Waals surface area (Å²) in [5.41, 5.74) is 5.27. The average Bonchev–Trinajstić information content (AvgIpc) is 2.83. The normalized spacial score (nSPS) is 32.1. The molecular formula is C18H21NO3S. The number of hydrogen-bond acceptors (Lipinski definition) is 3. The first-order valence-corrected chi connectivity index (χ1v) is 9.66. The van der Waals surface area contributed by atoms with Crippen molar-refractivity contribution in [3.63, 3.8) is 0 Å². The smallest absolute Gasteiger partial charge is 0.365 e. The Morgan fingerprint density at radius 1 is 1.39 bits per heavy atom. The molecule has 1 aromatic rings. The van der Waals surface area contributed by atoms with Gasteiger partial charge >= 0.3 is 10.3 Å². The molecule has 0 spiro atoms. The highest BCUT2D eigenvalue weighted by atomic mass is 32.2. The van der Waals surface area contributed by atoms with E-state index in [0.29, 0.717) is 11.7 Å². The molecule has 1 saturated carbocycles. The molecule has 1 aromatic carbocycles. The molecule has 1 heterocycles. The van der Waals surface area contributed by atoms with Gasteiger partial charge in [-0.2, -0.15) is 8.42 Å². The predicted molar refractivity (Wildman–Crippen MR) is 90.4 cm³/mol. The van der Waals surface area contributed by atoms with Crippen LogP contribution in [0.25, 0.3) is 0 Å². The lowest BCUT2D eigenvalue weighted by molar-refractivity contribution is 0.305. The second-order valence-corrected chi connectivity index (χ2v) is 8.17. The Morgan fingerprint density at radius 2 is 2.22 bits per heavy atom. The van der Waals surface area contributed by atoms with E-state index in [2.05, 4.69) is 30.4 Å². The maximum Gasteiger partial charge on any atom is 0.428 e. The number of allylic oxidation sites excluding steroid dienone is 2. The van der Waals surface area contributed by atoms with E-state index in [1.54, 1.807) is 11.6 Å². The maximum absolute atomic E-state index is 11.5. The molecule has 23 heavy (non-hydrogen) atoms. The first-order valence-electron chi connectivity index (χ1n) is 8.29. The van der Waals surface area contributed by atoms with Crippen LogP contribution in [-0.4, -0.2) is 14.6 Å². The Bertz CT molecular complexity index is 838. The van der Waals surface area contributed by atoms with Gasteiger partial charge in [0.25, 0.3) is 0 Å². The molecule has 5 heteroatoms. The third kappa shape index (κ3) is 2.17. The topological polar surface area (TPSA) is 55.7 Å². The van der Waals surface area contributed by atoms with Gasteiger partial charge < -0.3 is 4.18 Å². The van der Waals surface area contributed by atoms with Crippen molar-refractivity contribution in [1.82, 2.24) is 0 Å². The van der Waals surface area contributed by atoms with Crippen LogP contribution in [0.3, 0.4) is 0 Å². The lowest BCUT2D eigenvalue weighted by atomic mass is 9.64. The van der Waals surface area contributed by atoms with Crippen LogP contribution in [0.1, 0.15) is 62.1 Å². The zero-order valence-corrected chi connectivity index (χ0v) is 14.3. The van der Waals surface area contributed by atoms with Gasteiger partial charge in [0.1, 0.15) is 0 Å². The Hall–Kier alpha value is -1.62. The lowest BCUT2D eigenvalue weighted by Crippen LogP contribution is -2.29. The summed E-state index contributed by atoms with van der Waals surface area (Å²) in [6.45, 7) is 4.59. The highest BCUT2D eigenvalue weighted by molar-refractivity contribution is 7.86. The van der Waals surface area contributed by atoms with Crippen LogP contribution < -0.4 is 4.18 Å². The summed E-state index contributed by atoms with van der Waals surface area (Å²) in [5.74, 6) is 0.936. The molecule has 1 aliphatic heterocycles. The highest BCUT2D eigenvalue weighted by Crippen LogP contribution is 2.59. The van der Waals surface area contributed by atoms with E-state index in [9.17, 15) is 8.42 Å². The van der Waals surface area contributed by atoms with Crippen molar-refractivity contribution < 1.29 is 12.6 Å². The summed E-state index contributed by atoms with van der Waals surface area (Å²) in [5, 5.41) is 0. The van der Waals surface area contributed by atoms with Crippen molar-refractivity contribution in [2.75, 3.05) is 0 Å². The van der Waals surface area contributed by atoms with Crippen LogP contribution in [-0.2, 0) is 16.7 Å². The third-order valence-corrected chi connectivity index (χ3v) is 6.54. The summed E-state index contributed by atoms with van der Waals surface area (Å²) in [6, 6.07) is 3.87. The van der Waals surface area contributed by atoms with Gasteiger partial charge in [-0.1, -0.05) is 31.6 Å². The van der Waals surface area contributed by atoms with Crippen LogP contribution in [0.5, 0.6) is 5.75 Å². The minimum atomic E-state index is -3.81. The minimum Gasteiger partial charge on any atom is -0.365 e. The minimum absolute atomic E-state index is 0.246.